The molecule has 98 valence electrons. The van der Waals surface area contributed by atoms with Gasteiger partial charge in [0.2, 0.25) is 0 Å². The summed E-state index contributed by atoms with van der Waals surface area (Å²) in [5.74, 6) is 1.85. The second kappa shape index (κ2) is 5.87. The van der Waals surface area contributed by atoms with Crippen molar-refractivity contribution in [3.8, 4) is 17.6 Å². The third kappa shape index (κ3) is 2.83. The lowest BCUT2D eigenvalue weighted by Crippen LogP contribution is -2.07. The molecule has 0 bridgehead atoms. The van der Waals surface area contributed by atoms with E-state index >= 15 is 0 Å². The van der Waals surface area contributed by atoms with Gasteiger partial charge in [0, 0.05) is 12.6 Å². The van der Waals surface area contributed by atoms with Crippen LogP contribution in [0.15, 0.2) is 24.5 Å². The van der Waals surface area contributed by atoms with Crippen molar-refractivity contribution in [2.24, 2.45) is 0 Å². The summed E-state index contributed by atoms with van der Waals surface area (Å²) in [6.07, 6.45) is 1.50. The number of methoxy groups -OCH3 is 1. The number of nitriles is 1. The molecular weight excluding hydrogens is 244 g/mol. The highest BCUT2D eigenvalue weighted by atomic mass is 16.5. The molecule has 1 aromatic carbocycles. The Bertz CT molecular complexity index is 601. The predicted molar refractivity (Wildman–Crippen MR) is 67.7 cm³/mol. The van der Waals surface area contributed by atoms with Crippen molar-refractivity contribution in [1.29, 1.82) is 5.26 Å². The molecule has 0 aliphatic rings. The van der Waals surface area contributed by atoms with E-state index in [4.69, 9.17) is 14.7 Å². The first-order valence-corrected chi connectivity index (χ1v) is 5.86. The molecule has 0 atom stereocenters. The van der Waals surface area contributed by atoms with E-state index in [9.17, 15) is 0 Å². The Hall–Kier alpha value is -2.55. The topological polar surface area (TPSA) is 73.0 Å². The Morgan fingerprint density at radius 3 is 2.89 bits per heavy atom. The highest BCUT2D eigenvalue weighted by Gasteiger charge is 2.08. The maximum Gasteiger partial charge on any atom is 0.164 e. The van der Waals surface area contributed by atoms with Crippen LogP contribution < -0.4 is 9.47 Å². The number of nitrogens with zero attached hydrogens (tertiary/aromatic N) is 4. The summed E-state index contributed by atoms with van der Waals surface area (Å²) in [7, 11) is 1.54. The van der Waals surface area contributed by atoms with Gasteiger partial charge in [0.05, 0.1) is 18.7 Å². The lowest BCUT2D eigenvalue weighted by Gasteiger charge is -2.10. The molecule has 1 aromatic heterocycles. The smallest absolute Gasteiger partial charge is 0.164 e. The van der Waals surface area contributed by atoms with Crippen LogP contribution in [0.2, 0.25) is 0 Å². The Kier molecular flexibility index (Phi) is 3.98. The van der Waals surface area contributed by atoms with Crippen molar-refractivity contribution in [3.63, 3.8) is 0 Å². The molecule has 0 spiro atoms. The van der Waals surface area contributed by atoms with Gasteiger partial charge in [0.25, 0.3) is 0 Å². The summed E-state index contributed by atoms with van der Waals surface area (Å²) in [5, 5.41) is 12.9. The fraction of sp³-hybridized carbons (Fsp3) is 0.308. The number of hydrogen-bond acceptors (Lipinski definition) is 5. The summed E-state index contributed by atoms with van der Waals surface area (Å²) >= 11 is 0. The van der Waals surface area contributed by atoms with Crippen LogP contribution in [-0.2, 0) is 13.2 Å². The number of ether oxygens (including phenoxy) is 2. The van der Waals surface area contributed by atoms with Gasteiger partial charge in [-0.2, -0.15) is 10.4 Å². The number of aryl methyl sites for hydroxylation is 1. The third-order valence-electron chi connectivity index (χ3n) is 2.64. The Labute approximate surface area is 111 Å². The lowest BCUT2D eigenvalue weighted by atomic mass is 10.2. The first-order valence-electron chi connectivity index (χ1n) is 5.86. The quantitative estimate of drug-likeness (QED) is 0.817. The largest absolute Gasteiger partial charge is 0.493 e. The van der Waals surface area contributed by atoms with E-state index in [0.717, 1.165) is 12.4 Å². The van der Waals surface area contributed by atoms with Gasteiger partial charge in [-0.15, -0.1) is 0 Å². The molecule has 6 nitrogen and oxygen atoms in total. The van der Waals surface area contributed by atoms with Crippen LogP contribution >= 0.6 is 0 Å². The van der Waals surface area contributed by atoms with Crippen LogP contribution in [0.25, 0.3) is 0 Å². The summed E-state index contributed by atoms with van der Waals surface area (Å²) in [4.78, 5) is 4.13. The molecule has 0 amide bonds. The molecule has 0 N–H and O–H groups in total. The van der Waals surface area contributed by atoms with Gasteiger partial charge in [-0.05, 0) is 19.1 Å². The zero-order chi connectivity index (χ0) is 13.7. The fourth-order valence-electron chi connectivity index (χ4n) is 1.66. The Morgan fingerprint density at radius 2 is 2.21 bits per heavy atom. The molecule has 2 aromatic rings. The van der Waals surface area contributed by atoms with Gasteiger partial charge in [-0.1, -0.05) is 0 Å². The zero-order valence-corrected chi connectivity index (χ0v) is 10.8. The van der Waals surface area contributed by atoms with Crippen LogP contribution in [0.1, 0.15) is 18.3 Å². The van der Waals surface area contributed by atoms with E-state index in [0.29, 0.717) is 23.7 Å². The minimum absolute atomic E-state index is 0.302. The van der Waals surface area contributed by atoms with E-state index in [1.54, 1.807) is 22.9 Å². The molecule has 0 unspecified atom stereocenters. The fourth-order valence-corrected chi connectivity index (χ4v) is 1.66. The van der Waals surface area contributed by atoms with Crippen molar-refractivity contribution in [1.82, 2.24) is 14.8 Å². The Morgan fingerprint density at radius 1 is 1.37 bits per heavy atom. The summed E-state index contributed by atoms with van der Waals surface area (Å²) < 4.78 is 12.6. The number of aromatic nitrogens is 3. The van der Waals surface area contributed by atoms with Crippen molar-refractivity contribution in [2.45, 2.75) is 20.1 Å². The van der Waals surface area contributed by atoms with Crippen molar-refractivity contribution >= 4 is 0 Å². The van der Waals surface area contributed by atoms with Gasteiger partial charge in [-0.3, -0.25) is 0 Å². The molecule has 19 heavy (non-hydrogen) atoms. The van der Waals surface area contributed by atoms with Crippen LogP contribution in [0.5, 0.6) is 11.5 Å². The number of hydrogen-bond donors (Lipinski definition) is 0. The van der Waals surface area contributed by atoms with E-state index in [1.807, 2.05) is 6.92 Å². The summed E-state index contributed by atoms with van der Waals surface area (Å²) in [6.45, 7) is 3.03. The standard InChI is InChI=1S/C13H14N4O2/c1-3-17-13(15-9-16-17)8-19-11-5-4-10(7-14)6-12(11)18-2/h4-6,9H,3,8H2,1-2H3. The van der Waals surface area contributed by atoms with Crippen molar-refractivity contribution < 1.29 is 9.47 Å². The highest BCUT2D eigenvalue weighted by Crippen LogP contribution is 2.28. The predicted octanol–water partition coefficient (Wildman–Crippen LogP) is 1.76. The highest BCUT2D eigenvalue weighted by molar-refractivity contribution is 5.46. The number of rotatable bonds is 5. The van der Waals surface area contributed by atoms with Gasteiger partial charge in [-0.25, -0.2) is 9.67 Å². The van der Waals surface area contributed by atoms with E-state index < -0.39 is 0 Å². The molecule has 0 fully saturated rings. The van der Waals surface area contributed by atoms with E-state index in [-0.39, 0.29) is 0 Å². The molecule has 0 radical (unpaired) electrons. The van der Waals surface area contributed by atoms with Crippen LogP contribution in [0.4, 0.5) is 0 Å². The number of benzene rings is 1. The monoisotopic (exact) mass is 258 g/mol. The summed E-state index contributed by atoms with van der Waals surface area (Å²) in [6, 6.07) is 7.09. The molecule has 0 saturated heterocycles. The van der Waals surface area contributed by atoms with E-state index in [1.165, 1.54) is 13.4 Å². The first-order chi connectivity index (χ1) is 9.28. The maximum atomic E-state index is 8.83. The molecule has 6 heteroatoms. The first kappa shape index (κ1) is 12.9. The van der Waals surface area contributed by atoms with Crippen LogP contribution in [0.3, 0.4) is 0 Å². The summed E-state index contributed by atoms with van der Waals surface area (Å²) in [5.41, 5.74) is 0.529. The zero-order valence-electron chi connectivity index (χ0n) is 10.8. The third-order valence-corrected chi connectivity index (χ3v) is 2.64. The van der Waals surface area contributed by atoms with Gasteiger partial charge >= 0.3 is 0 Å². The van der Waals surface area contributed by atoms with Gasteiger partial charge in [0.15, 0.2) is 17.3 Å². The molecule has 0 saturated carbocycles. The molecule has 2 rings (SSSR count). The van der Waals surface area contributed by atoms with Crippen molar-refractivity contribution in [3.05, 3.63) is 35.9 Å². The Balaban J connectivity index is 2.13. The van der Waals surface area contributed by atoms with Crippen LogP contribution in [0, 0.1) is 11.3 Å². The average Bonchev–Trinajstić information content (AvgIpc) is 2.92. The molecule has 1 heterocycles. The van der Waals surface area contributed by atoms with Crippen molar-refractivity contribution in [2.75, 3.05) is 7.11 Å². The maximum absolute atomic E-state index is 8.83. The van der Waals surface area contributed by atoms with Gasteiger partial charge in [0.1, 0.15) is 12.9 Å². The SMILES string of the molecule is CCn1ncnc1COc1ccc(C#N)cc1OC. The van der Waals surface area contributed by atoms with Gasteiger partial charge < -0.3 is 9.47 Å². The second-order valence-electron chi connectivity index (χ2n) is 3.76. The molecular formula is C13H14N4O2. The molecule has 0 aliphatic heterocycles. The normalized spacial score (nSPS) is 9.95. The molecule has 0 aliphatic carbocycles. The second-order valence-corrected chi connectivity index (χ2v) is 3.76. The minimum atomic E-state index is 0.302. The lowest BCUT2D eigenvalue weighted by molar-refractivity contribution is 0.269. The average molecular weight is 258 g/mol. The minimum Gasteiger partial charge on any atom is -0.493 e. The van der Waals surface area contributed by atoms with E-state index in [2.05, 4.69) is 16.2 Å². The van der Waals surface area contributed by atoms with Crippen LogP contribution in [-0.4, -0.2) is 21.9 Å².